The molecule has 0 aromatic carbocycles. The Kier molecular flexibility index (Phi) is 5.73. The number of esters is 1. The third-order valence-corrected chi connectivity index (χ3v) is 13.1. The summed E-state index contributed by atoms with van der Waals surface area (Å²) in [6.07, 6.45) is 6.09. The lowest BCUT2D eigenvalue weighted by Crippen LogP contribution is -2.70. The summed E-state index contributed by atoms with van der Waals surface area (Å²) >= 11 is 0. The first-order valence-corrected chi connectivity index (χ1v) is 15.9. The van der Waals surface area contributed by atoms with Gasteiger partial charge in [-0.25, -0.2) is 4.79 Å². The topological polar surface area (TPSA) is 113 Å². The van der Waals surface area contributed by atoms with E-state index in [-0.39, 0.29) is 60.2 Å². The van der Waals surface area contributed by atoms with Crippen LogP contribution >= 0.6 is 0 Å². The predicted octanol–water partition coefficient (Wildman–Crippen LogP) is 3.59. The van der Waals surface area contributed by atoms with Crippen LogP contribution in [-0.2, 0) is 33.2 Å². The molecule has 9 nitrogen and oxygen atoms in total. The first-order valence-electron chi connectivity index (χ1n) is 15.9. The van der Waals surface area contributed by atoms with Gasteiger partial charge in [-0.1, -0.05) is 13.8 Å². The number of cyclic esters (lactones) is 1. The summed E-state index contributed by atoms with van der Waals surface area (Å²) in [4.78, 5) is 11.9. The second-order valence-electron chi connectivity index (χ2n) is 15.5. The molecule has 4 heterocycles. The smallest absolute Gasteiger partial charge is 0.331 e. The molecule has 228 valence electrons. The van der Waals surface area contributed by atoms with Gasteiger partial charge in [-0.05, 0) is 100 Å². The number of hydrogen-bond acceptors (Lipinski definition) is 9. The molecule has 8 rings (SSSR count). The fraction of sp³-hybridized carbons (Fsp3) is 0.906. The molecule has 14 atom stereocenters. The normalized spacial score (nSPS) is 58.7. The fourth-order valence-electron chi connectivity index (χ4n) is 11.3. The highest BCUT2D eigenvalue weighted by Gasteiger charge is 2.73. The fourth-order valence-corrected chi connectivity index (χ4v) is 11.3. The van der Waals surface area contributed by atoms with E-state index in [0.29, 0.717) is 18.8 Å². The first-order chi connectivity index (χ1) is 19.3. The highest BCUT2D eigenvalue weighted by Crippen LogP contribution is 2.70. The molecule has 4 aliphatic carbocycles. The van der Waals surface area contributed by atoms with Crippen LogP contribution in [0.2, 0.25) is 0 Å². The Morgan fingerprint density at radius 3 is 2.51 bits per heavy atom. The Hall–Kier alpha value is -1.07. The van der Waals surface area contributed by atoms with Gasteiger partial charge in [0.1, 0.15) is 12.7 Å². The van der Waals surface area contributed by atoms with Crippen molar-refractivity contribution in [2.24, 2.45) is 34.5 Å². The number of ether oxygens (including phenoxy) is 6. The molecule has 0 aromatic rings. The van der Waals surface area contributed by atoms with E-state index in [0.717, 1.165) is 44.1 Å². The maximum Gasteiger partial charge on any atom is 0.331 e. The maximum atomic E-state index is 12.6. The van der Waals surface area contributed by atoms with E-state index < -0.39 is 35.0 Å². The molecular weight excluding hydrogens is 528 g/mol. The van der Waals surface area contributed by atoms with Gasteiger partial charge >= 0.3 is 5.97 Å². The van der Waals surface area contributed by atoms with Crippen molar-refractivity contribution in [3.63, 3.8) is 0 Å². The van der Waals surface area contributed by atoms with Crippen LogP contribution in [-0.4, -0.2) is 76.8 Å². The van der Waals surface area contributed by atoms with E-state index in [1.54, 1.807) is 6.08 Å². The minimum atomic E-state index is -1.21. The molecule has 7 fully saturated rings. The summed E-state index contributed by atoms with van der Waals surface area (Å²) in [5.74, 6) is -1.59. The average Bonchev–Trinajstić information content (AvgIpc) is 3.49. The maximum absolute atomic E-state index is 12.6. The van der Waals surface area contributed by atoms with E-state index in [9.17, 15) is 15.0 Å². The van der Waals surface area contributed by atoms with Gasteiger partial charge in [0.15, 0.2) is 5.79 Å². The van der Waals surface area contributed by atoms with Crippen molar-refractivity contribution in [3.8, 4) is 0 Å². The number of carbonyl (C=O) groups excluding carboxylic acids is 1. The molecule has 0 amide bonds. The van der Waals surface area contributed by atoms with E-state index in [4.69, 9.17) is 28.4 Å². The monoisotopic (exact) mass is 574 g/mol. The molecule has 4 saturated carbocycles. The standard InChI is InChI=1S/C32H46O9/c1-16-10-25-32(41-28(2,3)40-25)27(37-16)38-22-12-18-6-7-20-19(29(18,4)14-23(22)39-32)8-9-30(5)21(13-24(33)31(20,30)35)17-11-26(34)36-15-17/h11,16,18-25,27,33,35H,6-10,12-15H2,1-5H3/t16-,18+,19+,20-,21-,22-,23-,24-,25-,27+,29+,30-,31-,32-/m1/s1. The second kappa shape index (κ2) is 8.55. The molecule has 9 heteroatoms. The number of hydrogen-bond donors (Lipinski definition) is 2. The van der Waals surface area contributed by atoms with Crippen LogP contribution in [0.3, 0.4) is 0 Å². The highest BCUT2D eigenvalue weighted by atomic mass is 16.9. The van der Waals surface area contributed by atoms with Gasteiger partial charge in [0, 0.05) is 17.9 Å². The van der Waals surface area contributed by atoms with Gasteiger partial charge in [-0.15, -0.1) is 0 Å². The van der Waals surface area contributed by atoms with Crippen molar-refractivity contribution >= 4 is 5.97 Å². The minimum Gasteiger partial charge on any atom is -0.458 e. The van der Waals surface area contributed by atoms with Crippen molar-refractivity contribution < 1.29 is 43.4 Å². The summed E-state index contributed by atoms with van der Waals surface area (Å²) in [6.45, 7) is 10.7. The number of carbonyl (C=O) groups is 1. The Balaban J connectivity index is 1.09. The summed E-state index contributed by atoms with van der Waals surface area (Å²) in [5.41, 5.74) is -0.872. The molecule has 2 N–H and O–H groups in total. The molecule has 4 aliphatic heterocycles. The molecule has 1 spiro atoms. The quantitative estimate of drug-likeness (QED) is 0.358. The molecule has 0 radical (unpaired) electrons. The van der Waals surface area contributed by atoms with Crippen molar-refractivity contribution in [2.45, 2.75) is 140 Å². The van der Waals surface area contributed by atoms with Crippen LogP contribution < -0.4 is 0 Å². The summed E-state index contributed by atoms with van der Waals surface area (Å²) in [6, 6.07) is 0. The van der Waals surface area contributed by atoms with Crippen LogP contribution in [0, 0.1) is 34.5 Å². The zero-order valence-corrected chi connectivity index (χ0v) is 25.0. The summed E-state index contributed by atoms with van der Waals surface area (Å²) in [5, 5.41) is 24.2. The number of aliphatic hydroxyl groups is 2. The molecule has 3 saturated heterocycles. The predicted molar refractivity (Wildman–Crippen MR) is 144 cm³/mol. The number of aliphatic hydroxyl groups excluding tert-OH is 1. The van der Waals surface area contributed by atoms with Crippen LogP contribution in [0.5, 0.6) is 0 Å². The van der Waals surface area contributed by atoms with Gasteiger partial charge in [0.2, 0.25) is 6.29 Å². The largest absolute Gasteiger partial charge is 0.458 e. The molecule has 41 heavy (non-hydrogen) atoms. The molecule has 0 aromatic heterocycles. The summed E-state index contributed by atoms with van der Waals surface area (Å²) < 4.78 is 38.0. The Morgan fingerprint density at radius 2 is 1.76 bits per heavy atom. The lowest BCUT2D eigenvalue weighted by atomic mass is 9.42. The lowest BCUT2D eigenvalue weighted by molar-refractivity contribution is -0.447. The van der Waals surface area contributed by atoms with Gasteiger partial charge in [0.25, 0.3) is 5.79 Å². The molecule has 0 unspecified atom stereocenters. The summed E-state index contributed by atoms with van der Waals surface area (Å²) in [7, 11) is 0. The van der Waals surface area contributed by atoms with Crippen molar-refractivity contribution in [2.75, 3.05) is 6.61 Å². The van der Waals surface area contributed by atoms with E-state index in [1.165, 1.54) is 0 Å². The van der Waals surface area contributed by atoms with Gasteiger partial charge in [-0.3, -0.25) is 0 Å². The number of fused-ring (bicyclic) bond motifs is 6. The first kappa shape index (κ1) is 27.5. The molecule has 0 bridgehead atoms. The molecular formula is C32H46O9. The Morgan fingerprint density at radius 1 is 0.951 bits per heavy atom. The highest BCUT2D eigenvalue weighted by molar-refractivity contribution is 5.85. The van der Waals surface area contributed by atoms with E-state index in [2.05, 4.69) is 13.8 Å². The minimum absolute atomic E-state index is 0.0105. The van der Waals surface area contributed by atoms with E-state index >= 15 is 0 Å². The second-order valence-corrected chi connectivity index (χ2v) is 15.5. The van der Waals surface area contributed by atoms with Gasteiger partial charge in [-0.2, -0.15) is 0 Å². The molecule has 8 aliphatic rings. The average molecular weight is 575 g/mol. The van der Waals surface area contributed by atoms with Crippen molar-refractivity contribution in [1.82, 2.24) is 0 Å². The Labute approximate surface area is 242 Å². The van der Waals surface area contributed by atoms with Crippen molar-refractivity contribution in [1.29, 1.82) is 0 Å². The third-order valence-electron chi connectivity index (χ3n) is 13.1. The van der Waals surface area contributed by atoms with Crippen LogP contribution in [0.1, 0.15) is 86.0 Å². The zero-order valence-electron chi connectivity index (χ0n) is 25.0. The van der Waals surface area contributed by atoms with Gasteiger partial charge in [0.05, 0.1) is 30.0 Å². The van der Waals surface area contributed by atoms with Crippen LogP contribution in [0.4, 0.5) is 0 Å². The Bertz CT molecular complexity index is 1170. The lowest BCUT2D eigenvalue weighted by Gasteiger charge is -2.65. The SMILES string of the molecule is C[C@@H]1C[C@H]2OC(C)(C)O[C@]23O[C@@H]2C[C@@]4(C)[C@@H](CC[C@@H]5[C@@H]4CC[C@]4(C)[C@@H](C6=CC(=O)OC6)C[C@@H](O)[C@]54O)C[C@H]2O[C@@H]3O1. The third kappa shape index (κ3) is 3.51. The van der Waals surface area contributed by atoms with Crippen LogP contribution in [0.25, 0.3) is 0 Å². The van der Waals surface area contributed by atoms with Gasteiger partial charge < -0.3 is 38.6 Å². The van der Waals surface area contributed by atoms with E-state index in [1.807, 2.05) is 20.8 Å². The van der Waals surface area contributed by atoms with Crippen molar-refractivity contribution in [3.05, 3.63) is 11.6 Å². The zero-order chi connectivity index (χ0) is 28.7. The van der Waals surface area contributed by atoms with Crippen LogP contribution in [0.15, 0.2) is 11.6 Å². The number of rotatable bonds is 1.